The van der Waals surface area contributed by atoms with Crippen molar-refractivity contribution in [2.75, 3.05) is 6.61 Å². The number of alkyl carbamates (subject to hydrolysis) is 1. The average Bonchev–Trinajstić information content (AvgIpc) is 3.45. The number of rotatable bonds is 11. The highest BCUT2D eigenvalue weighted by Crippen LogP contribution is 2.43. The monoisotopic (exact) mass is 733 g/mol. The number of hydrogen-bond donors (Lipinski definition) is 3. The van der Waals surface area contributed by atoms with E-state index in [2.05, 4.69) is 25.8 Å². The predicted octanol–water partition coefficient (Wildman–Crippen LogP) is 6.69. The van der Waals surface area contributed by atoms with Crippen LogP contribution in [0.4, 0.5) is 26.7 Å². The van der Waals surface area contributed by atoms with Gasteiger partial charge in [-0.25, -0.2) is 32.3 Å². The molecule has 2 aromatic heterocycles. The molecule has 1 aliphatic carbocycles. The van der Waals surface area contributed by atoms with Gasteiger partial charge in [0, 0.05) is 18.2 Å². The highest BCUT2D eigenvalue weighted by molar-refractivity contribution is 6.32. The van der Waals surface area contributed by atoms with E-state index in [0.29, 0.717) is 21.4 Å². The molecule has 3 heterocycles. The second kappa shape index (κ2) is 13.6. The predicted molar refractivity (Wildman–Crippen MR) is 174 cm³/mol. The zero-order chi connectivity index (χ0) is 36.8. The highest BCUT2D eigenvalue weighted by atomic mass is 35.5. The Kier molecular flexibility index (Phi) is 9.52. The van der Waals surface area contributed by atoms with Crippen molar-refractivity contribution < 1.29 is 36.3 Å². The van der Waals surface area contributed by atoms with E-state index >= 15 is 0 Å². The largest absolute Gasteiger partial charge is 0.447 e. The third kappa shape index (κ3) is 7.25. The molecule has 270 valence electrons. The van der Waals surface area contributed by atoms with Crippen LogP contribution in [0, 0.1) is 10.8 Å². The first-order valence-electron chi connectivity index (χ1n) is 15.8. The minimum Gasteiger partial charge on any atom is -0.447 e. The number of hydrogen-bond acceptors (Lipinski definition) is 7. The van der Waals surface area contributed by atoms with Crippen molar-refractivity contribution in [3.63, 3.8) is 0 Å². The summed E-state index contributed by atoms with van der Waals surface area (Å²) in [6.07, 6.45) is -1.42. The number of alkyl halides is 5. The number of aromatic nitrogens is 5. The van der Waals surface area contributed by atoms with Gasteiger partial charge >= 0.3 is 12.6 Å². The van der Waals surface area contributed by atoms with Crippen LogP contribution in [0.5, 0.6) is 0 Å². The summed E-state index contributed by atoms with van der Waals surface area (Å²) >= 11 is 6.42. The second-order valence-electron chi connectivity index (χ2n) is 13.5. The first-order valence-corrected chi connectivity index (χ1v) is 16.1. The number of guanidine groups is 1. The molecule has 1 saturated heterocycles. The second-order valence-corrected chi connectivity index (χ2v) is 13.9. The van der Waals surface area contributed by atoms with Gasteiger partial charge in [-0.15, -0.1) is 0 Å². The molecule has 4 aromatic rings. The van der Waals surface area contributed by atoms with Gasteiger partial charge in [-0.2, -0.15) is 19.0 Å². The minimum atomic E-state index is -3.00. The first kappa shape index (κ1) is 35.8. The molecule has 6 rings (SSSR count). The highest BCUT2D eigenvalue weighted by Gasteiger charge is 2.54. The molecule has 51 heavy (non-hydrogen) atoms. The Balaban J connectivity index is 1.39. The van der Waals surface area contributed by atoms with Gasteiger partial charge in [0.1, 0.15) is 24.6 Å². The molecule has 3 N–H and O–H groups in total. The van der Waals surface area contributed by atoms with Crippen molar-refractivity contribution in [3.8, 4) is 16.8 Å². The van der Waals surface area contributed by atoms with Gasteiger partial charge in [0.2, 0.25) is 0 Å². The number of halogens is 6. The third-order valence-corrected chi connectivity index (χ3v) is 8.84. The fourth-order valence-corrected chi connectivity index (χ4v) is 6.34. The van der Waals surface area contributed by atoms with Crippen molar-refractivity contribution in [2.24, 2.45) is 5.41 Å². The van der Waals surface area contributed by atoms with E-state index in [0.717, 1.165) is 15.9 Å². The molecule has 2 aliphatic rings. The fourth-order valence-electron chi connectivity index (χ4n) is 6.14. The van der Waals surface area contributed by atoms with E-state index in [-0.39, 0.29) is 35.1 Å². The Morgan fingerprint density at radius 2 is 1.84 bits per heavy atom. The van der Waals surface area contributed by atoms with E-state index in [1.54, 1.807) is 24.3 Å². The molecule has 12 nitrogen and oxygen atoms in total. The van der Waals surface area contributed by atoms with E-state index in [9.17, 15) is 31.5 Å². The molecule has 0 bridgehead atoms. The molecule has 2 fully saturated rings. The zero-order valence-corrected chi connectivity index (χ0v) is 28.2. The third-order valence-electron chi connectivity index (χ3n) is 8.52. The summed E-state index contributed by atoms with van der Waals surface area (Å²) in [4.78, 5) is 32.2. The van der Waals surface area contributed by atoms with Crippen molar-refractivity contribution in [3.05, 3.63) is 83.2 Å². The summed E-state index contributed by atoms with van der Waals surface area (Å²) in [6.45, 7) is 2.39. The lowest BCUT2D eigenvalue weighted by Gasteiger charge is -2.35. The van der Waals surface area contributed by atoms with Crippen molar-refractivity contribution in [1.82, 2.24) is 40.1 Å². The lowest BCUT2D eigenvalue weighted by molar-refractivity contribution is -0.134. The Labute approximate surface area is 293 Å². The maximum absolute atomic E-state index is 14.8. The van der Waals surface area contributed by atoms with Crippen LogP contribution in [0.1, 0.15) is 69.6 Å². The summed E-state index contributed by atoms with van der Waals surface area (Å²) in [7, 11) is 0. The number of carbonyl (C=O) groups excluding carboxylic acids is 2. The maximum atomic E-state index is 14.8. The number of carbonyl (C=O) groups is 2. The standard InChI is InChI=1S/C33H33ClF5N9O3/c1-32(2,3)15-33(20-7-4-17(5-8-20)19-12-42-46(13-19)29(38)39)28(49)47(30(40)45-33)25(14-51-31(50)44-23-11-22(23)35)18-6-9-21(34)24(10-18)48-27(26(36)37)41-16-43-48/h4-10,12-13,16,22-23,25-26,29H,11,14-15H2,1-3H3,(H2,40,45)(H,44,50)/t22-,23+,25+,33+/m0/s1. The smallest absolute Gasteiger partial charge is 0.407 e. The van der Waals surface area contributed by atoms with Gasteiger partial charge in [-0.3, -0.25) is 15.1 Å². The number of ether oxygens (including phenoxy) is 1. The van der Waals surface area contributed by atoms with Crippen LogP contribution >= 0.6 is 11.6 Å². The lowest BCUT2D eigenvalue weighted by Crippen LogP contribution is -2.47. The molecule has 2 aromatic carbocycles. The summed E-state index contributed by atoms with van der Waals surface area (Å²) in [5.74, 6) is -1.63. The zero-order valence-electron chi connectivity index (χ0n) is 27.5. The van der Waals surface area contributed by atoms with E-state index < -0.39 is 66.6 Å². The van der Waals surface area contributed by atoms with Crippen LogP contribution in [0.25, 0.3) is 16.8 Å². The molecule has 0 radical (unpaired) electrons. The summed E-state index contributed by atoms with van der Waals surface area (Å²) in [6, 6.07) is 8.96. The summed E-state index contributed by atoms with van der Waals surface area (Å²) in [5, 5.41) is 22.1. The van der Waals surface area contributed by atoms with Crippen LogP contribution in [-0.2, 0) is 15.1 Å². The number of amides is 2. The van der Waals surface area contributed by atoms with Crippen molar-refractivity contribution in [2.45, 2.75) is 70.4 Å². The number of nitrogens with zero attached hydrogens (tertiary/aromatic N) is 6. The van der Waals surface area contributed by atoms with Crippen molar-refractivity contribution >= 4 is 29.6 Å². The SMILES string of the molecule is CC(C)(C)C[C@]1(c2ccc(-c3cnn(C(F)F)c3)cc2)NC(=N)N([C@H](COC(=O)N[C@@H]2C[C@@H]2F)c2ccc(Cl)c(-n3ncnc3C(F)F)c2)C1=O. The van der Waals surface area contributed by atoms with Crippen LogP contribution in [0.2, 0.25) is 5.02 Å². The van der Waals surface area contributed by atoms with Crippen LogP contribution in [-0.4, -0.2) is 66.2 Å². The molecule has 0 spiro atoms. The molecule has 1 saturated carbocycles. The van der Waals surface area contributed by atoms with E-state index in [1.165, 1.54) is 30.6 Å². The molecule has 18 heteroatoms. The van der Waals surface area contributed by atoms with Crippen LogP contribution < -0.4 is 10.6 Å². The van der Waals surface area contributed by atoms with Gasteiger partial charge in [-0.1, -0.05) is 62.7 Å². The Morgan fingerprint density at radius 1 is 1.14 bits per heavy atom. The van der Waals surface area contributed by atoms with Gasteiger partial charge in [0.15, 0.2) is 11.8 Å². The lowest BCUT2D eigenvalue weighted by atomic mass is 9.75. The Morgan fingerprint density at radius 3 is 2.45 bits per heavy atom. The molecule has 1 aliphatic heterocycles. The van der Waals surface area contributed by atoms with Gasteiger partial charge in [0.05, 0.1) is 29.0 Å². The van der Waals surface area contributed by atoms with Crippen LogP contribution in [0.15, 0.2) is 61.2 Å². The van der Waals surface area contributed by atoms with Crippen molar-refractivity contribution in [1.29, 1.82) is 5.41 Å². The summed E-state index contributed by atoms with van der Waals surface area (Å²) in [5.41, 5.74) is -0.350. The Hall–Kier alpha value is -5.06. The fraction of sp³-hybridized carbons (Fsp3) is 0.394. The Bertz CT molecular complexity index is 1950. The minimum absolute atomic E-state index is 0.00693. The molecular formula is C33H33ClF5N9O3. The molecule has 2 amide bonds. The van der Waals surface area contributed by atoms with Gasteiger partial charge < -0.3 is 15.4 Å². The average molecular weight is 734 g/mol. The molecule has 4 atom stereocenters. The van der Waals surface area contributed by atoms with Gasteiger partial charge in [0.25, 0.3) is 12.3 Å². The van der Waals surface area contributed by atoms with E-state index in [4.69, 9.17) is 21.7 Å². The number of benzene rings is 2. The molecule has 0 unspecified atom stereocenters. The first-order chi connectivity index (χ1) is 24.1. The summed E-state index contributed by atoms with van der Waals surface area (Å²) < 4.78 is 74.2. The normalized spacial score (nSPS) is 21.0. The topological polar surface area (TPSA) is 143 Å². The molecular weight excluding hydrogens is 701 g/mol. The maximum Gasteiger partial charge on any atom is 0.407 e. The van der Waals surface area contributed by atoms with E-state index in [1.807, 2.05) is 20.8 Å². The van der Waals surface area contributed by atoms with Gasteiger partial charge in [-0.05, 0) is 40.7 Å². The quantitative estimate of drug-likeness (QED) is 0.146. The van der Waals surface area contributed by atoms with Crippen LogP contribution in [0.3, 0.4) is 0 Å². The number of nitrogens with one attached hydrogen (secondary N) is 3.